The Morgan fingerprint density at radius 1 is 1.33 bits per heavy atom. The first-order valence-corrected chi connectivity index (χ1v) is 8.58. The summed E-state index contributed by atoms with van der Waals surface area (Å²) in [4.78, 5) is 19.2. The zero-order valence-corrected chi connectivity index (χ0v) is 14.3. The summed E-state index contributed by atoms with van der Waals surface area (Å²) in [6, 6.07) is 10.2. The van der Waals surface area contributed by atoms with E-state index in [1.807, 2.05) is 48.9 Å². The van der Waals surface area contributed by atoms with E-state index in [9.17, 15) is 4.79 Å². The third-order valence-electron chi connectivity index (χ3n) is 4.41. The monoisotopic (exact) mass is 327 g/mol. The van der Waals surface area contributed by atoms with Crippen LogP contribution in [0.1, 0.15) is 38.3 Å². The third-order valence-corrected chi connectivity index (χ3v) is 4.41. The Kier molecular flexibility index (Phi) is 5.25. The second-order valence-electron chi connectivity index (χ2n) is 6.63. The summed E-state index contributed by atoms with van der Waals surface area (Å²) in [6.45, 7) is 5.68. The van der Waals surface area contributed by atoms with Crippen LogP contribution in [0.5, 0.6) is 0 Å². The van der Waals surface area contributed by atoms with Crippen LogP contribution in [0.2, 0.25) is 0 Å². The molecule has 1 saturated heterocycles. The molecule has 0 radical (unpaired) electrons. The highest BCUT2D eigenvalue weighted by molar-refractivity contribution is 5.83. The largest absolute Gasteiger partial charge is 0.352 e. The molecule has 3 rings (SSSR count). The van der Waals surface area contributed by atoms with Gasteiger partial charge in [-0.15, -0.1) is 0 Å². The highest BCUT2D eigenvalue weighted by Gasteiger charge is 2.36. The first-order valence-electron chi connectivity index (χ1n) is 8.58. The normalized spacial score (nSPS) is 19.5. The van der Waals surface area contributed by atoms with E-state index in [0.29, 0.717) is 0 Å². The number of benzene rings is 1. The molecule has 6 nitrogen and oxygen atoms in total. The van der Waals surface area contributed by atoms with Crippen molar-refractivity contribution in [1.82, 2.24) is 25.0 Å². The average Bonchev–Trinajstić information content (AvgIpc) is 3.21. The van der Waals surface area contributed by atoms with E-state index in [1.165, 1.54) is 0 Å². The Labute approximate surface area is 142 Å². The van der Waals surface area contributed by atoms with E-state index in [0.717, 1.165) is 31.5 Å². The minimum Gasteiger partial charge on any atom is -0.352 e. The number of aromatic nitrogens is 3. The summed E-state index contributed by atoms with van der Waals surface area (Å²) < 4.78 is 1.85. The summed E-state index contributed by atoms with van der Waals surface area (Å²) >= 11 is 0. The van der Waals surface area contributed by atoms with Crippen LogP contribution in [0.4, 0.5) is 0 Å². The van der Waals surface area contributed by atoms with E-state index >= 15 is 0 Å². The maximum Gasteiger partial charge on any atom is 0.242 e. The number of likely N-dealkylation sites (tertiary alicyclic amines) is 1. The number of hydrogen-bond acceptors (Lipinski definition) is 4. The topological polar surface area (TPSA) is 63.1 Å². The molecule has 2 aromatic rings. The van der Waals surface area contributed by atoms with Crippen LogP contribution in [0.25, 0.3) is 0 Å². The number of amides is 1. The van der Waals surface area contributed by atoms with Crippen LogP contribution in [0.3, 0.4) is 0 Å². The molecule has 0 unspecified atom stereocenters. The lowest BCUT2D eigenvalue weighted by atomic mass is 10.0. The van der Waals surface area contributed by atoms with Gasteiger partial charge < -0.3 is 5.32 Å². The standard InChI is InChI=1S/C18H25N5O/c1-14(2)21-18(24)17(15-7-4-3-5-8-15)23-10-6-9-16(23)11-22-13-19-12-20-22/h3-5,7-8,12-14,16-17H,6,9-11H2,1-2H3,(H,21,24)/t16-,17-/m1/s1. The van der Waals surface area contributed by atoms with Crippen molar-refractivity contribution >= 4 is 5.91 Å². The van der Waals surface area contributed by atoms with Crippen LogP contribution in [0.15, 0.2) is 43.0 Å². The van der Waals surface area contributed by atoms with Gasteiger partial charge in [0.25, 0.3) is 0 Å². The number of carbonyl (C=O) groups excluding carboxylic acids is 1. The number of carbonyl (C=O) groups is 1. The Balaban J connectivity index is 1.84. The smallest absolute Gasteiger partial charge is 0.242 e. The number of nitrogens with one attached hydrogen (secondary N) is 1. The molecule has 1 aromatic heterocycles. The maximum absolute atomic E-state index is 12.9. The van der Waals surface area contributed by atoms with Gasteiger partial charge in [0.05, 0.1) is 6.54 Å². The Morgan fingerprint density at radius 2 is 2.12 bits per heavy atom. The molecule has 1 aliphatic heterocycles. The molecule has 0 spiro atoms. The van der Waals surface area contributed by atoms with Crippen LogP contribution in [0, 0.1) is 0 Å². The quantitative estimate of drug-likeness (QED) is 0.881. The second kappa shape index (κ2) is 7.57. The van der Waals surface area contributed by atoms with Crippen molar-refractivity contribution in [2.45, 2.75) is 51.4 Å². The summed E-state index contributed by atoms with van der Waals surface area (Å²) in [5.74, 6) is 0.0710. The SMILES string of the molecule is CC(C)NC(=O)[C@@H](c1ccccc1)N1CCC[C@@H]1Cn1cncn1. The van der Waals surface area contributed by atoms with Crippen LogP contribution in [-0.2, 0) is 11.3 Å². The van der Waals surface area contributed by atoms with E-state index < -0.39 is 0 Å². The van der Waals surface area contributed by atoms with Crippen molar-refractivity contribution in [2.75, 3.05) is 6.54 Å². The van der Waals surface area contributed by atoms with Crippen LogP contribution in [-0.4, -0.2) is 44.2 Å². The molecule has 128 valence electrons. The summed E-state index contributed by atoms with van der Waals surface area (Å²) in [5.41, 5.74) is 1.04. The molecule has 1 fully saturated rings. The molecule has 1 aromatic carbocycles. The van der Waals surface area contributed by atoms with Crippen molar-refractivity contribution < 1.29 is 4.79 Å². The fourth-order valence-corrected chi connectivity index (χ4v) is 3.43. The van der Waals surface area contributed by atoms with Crippen molar-refractivity contribution in [2.24, 2.45) is 0 Å². The maximum atomic E-state index is 12.9. The van der Waals surface area contributed by atoms with Gasteiger partial charge in [0.2, 0.25) is 5.91 Å². The minimum atomic E-state index is -0.260. The highest BCUT2D eigenvalue weighted by Crippen LogP contribution is 2.30. The number of nitrogens with zero attached hydrogens (tertiary/aromatic N) is 4. The van der Waals surface area contributed by atoms with Crippen molar-refractivity contribution in [1.29, 1.82) is 0 Å². The zero-order valence-electron chi connectivity index (χ0n) is 14.3. The van der Waals surface area contributed by atoms with Gasteiger partial charge in [-0.1, -0.05) is 30.3 Å². The molecule has 6 heteroatoms. The Bertz CT molecular complexity index is 641. The molecule has 0 bridgehead atoms. The molecular formula is C18H25N5O. The lowest BCUT2D eigenvalue weighted by Gasteiger charge is -2.33. The fourth-order valence-electron chi connectivity index (χ4n) is 3.43. The van der Waals surface area contributed by atoms with E-state index in [2.05, 4.69) is 20.3 Å². The highest BCUT2D eigenvalue weighted by atomic mass is 16.2. The van der Waals surface area contributed by atoms with Crippen molar-refractivity contribution in [3.8, 4) is 0 Å². The van der Waals surface area contributed by atoms with Gasteiger partial charge in [0.1, 0.15) is 18.7 Å². The zero-order chi connectivity index (χ0) is 16.9. The first kappa shape index (κ1) is 16.6. The van der Waals surface area contributed by atoms with Gasteiger partial charge >= 0.3 is 0 Å². The first-order chi connectivity index (χ1) is 11.6. The summed E-state index contributed by atoms with van der Waals surface area (Å²) in [6.07, 6.45) is 5.46. The van der Waals surface area contributed by atoms with Gasteiger partial charge in [-0.3, -0.25) is 14.4 Å². The molecule has 1 amide bonds. The summed E-state index contributed by atoms with van der Waals surface area (Å²) in [7, 11) is 0. The number of hydrogen-bond donors (Lipinski definition) is 1. The molecule has 1 aliphatic rings. The molecule has 2 atom stereocenters. The lowest BCUT2D eigenvalue weighted by molar-refractivity contribution is -0.127. The molecule has 24 heavy (non-hydrogen) atoms. The predicted octanol–water partition coefficient (Wildman–Crippen LogP) is 2.01. The molecule has 0 saturated carbocycles. The van der Waals surface area contributed by atoms with E-state index in [-0.39, 0.29) is 24.0 Å². The van der Waals surface area contributed by atoms with Gasteiger partial charge in [-0.2, -0.15) is 5.10 Å². The van der Waals surface area contributed by atoms with E-state index in [1.54, 1.807) is 12.7 Å². The molecular weight excluding hydrogens is 302 g/mol. The Morgan fingerprint density at radius 3 is 2.79 bits per heavy atom. The second-order valence-corrected chi connectivity index (χ2v) is 6.63. The minimum absolute atomic E-state index is 0.0710. The predicted molar refractivity (Wildman–Crippen MR) is 92.2 cm³/mol. The van der Waals surface area contributed by atoms with Gasteiger partial charge in [-0.25, -0.2) is 4.98 Å². The van der Waals surface area contributed by atoms with Crippen molar-refractivity contribution in [3.05, 3.63) is 48.5 Å². The summed E-state index contributed by atoms with van der Waals surface area (Å²) in [5, 5.41) is 7.30. The Hall–Kier alpha value is -2.21. The van der Waals surface area contributed by atoms with Gasteiger partial charge in [-0.05, 0) is 38.8 Å². The average molecular weight is 327 g/mol. The van der Waals surface area contributed by atoms with Crippen LogP contribution >= 0.6 is 0 Å². The number of rotatable bonds is 6. The van der Waals surface area contributed by atoms with Gasteiger partial charge in [0, 0.05) is 12.1 Å². The molecule has 0 aliphatic carbocycles. The van der Waals surface area contributed by atoms with E-state index in [4.69, 9.17) is 0 Å². The molecule has 2 heterocycles. The van der Waals surface area contributed by atoms with Gasteiger partial charge in [0.15, 0.2) is 0 Å². The third kappa shape index (κ3) is 3.82. The van der Waals surface area contributed by atoms with Crippen molar-refractivity contribution in [3.63, 3.8) is 0 Å². The fraction of sp³-hybridized carbons (Fsp3) is 0.500. The molecule has 1 N–H and O–H groups in total. The lowest BCUT2D eigenvalue weighted by Crippen LogP contribution is -2.45. The van der Waals surface area contributed by atoms with Crippen LogP contribution < -0.4 is 5.32 Å².